The summed E-state index contributed by atoms with van der Waals surface area (Å²) in [5.41, 5.74) is 0. The zero-order chi connectivity index (χ0) is 11.8. The van der Waals surface area contributed by atoms with Crippen molar-refractivity contribution < 1.29 is 19.4 Å². The van der Waals surface area contributed by atoms with Crippen LogP contribution in [0.4, 0.5) is 0 Å². The topological polar surface area (TPSA) is 59.0 Å². The zero-order valence-electron chi connectivity index (χ0n) is 9.85. The molecule has 1 heterocycles. The van der Waals surface area contributed by atoms with Crippen molar-refractivity contribution in [1.82, 2.24) is 4.90 Å². The zero-order valence-corrected chi connectivity index (χ0v) is 9.85. The lowest BCUT2D eigenvalue weighted by Crippen LogP contribution is -2.47. The first-order valence-corrected chi connectivity index (χ1v) is 5.77. The van der Waals surface area contributed by atoms with E-state index >= 15 is 0 Å². The number of morpholine rings is 1. The number of hydrogen-bond acceptors (Lipinski definition) is 4. The summed E-state index contributed by atoms with van der Waals surface area (Å²) in [6, 6.07) is 0. The molecule has 1 atom stereocenters. The lowest BCUT2D eigenvalue weighted by atomic mass is 10.1. The second kappa shape index (κ2) is 7.60. The Morgan fingerprint density at radius 1 is 1.56 bits per heavy atom. The van der Waals surface area contributed by atoms with Crippen molar-refractivity contribution in [1.29, 1.82) is 0 Å². The largest absolute Gasteiger partial charge is 0.396 e. The Labute approximate surface area is 96.3 Å². The lowest BCUT2D eigenvalue weighted by molar-refractivity contribution is -0.149. The van der Waals surface area contributed by atoms with Crippen LogP contribution in [0.1, 0.15) is 19.3 Å². The van der Waals surface area contributed by atoms with Gasteiger partial charge in [0.05, 0.1) is 6.10 Å². The molecular formula is C11H21NO4. The van der Waals surface area contributed by atoms with E-state index in [9.17, 15) is 4.79 Å². The van der Waals surface area contributed by atoms with Crippen LogP contribution in [-0.2, 0) is 14.3 Å². The molecule has 0 aromatic heterocycles. The fourth-order valence-corrected chi connectivity index (χ4v) is 1.79. The van der Waals surface area contributed by atoms with Crippen LogP contribution in [0.15, 0.2) is 0 Å². The predicted octanol–water partition coefficient (Wildman–Crippen LogP) is 0.0228. The molecule has 1 fully saturated rings. The van der Waals surface area contributed by atoms with Crippen LogP contribution in [0.5, 0.6) is 0 Å². The molecule has 0 aromatic rings. The number of hydrogen-bond donors (Lipinski definition) is 1. The summed E-state index contributed by atoms with van der Waals surface area (Å²) >= 11 is 0. The fraction of sp³-hybridized carbons (Fsp3) is 0.909. The standard InChI is InChI=1S/C11H21NO4/c1-15-7-3-5-12-8-10(4-2-6-13)16-9-11(12)14/h10,13H,2-9H2,1H3. The molecule has 0 saturated carbocycles. The van der Waals surface area contributed by atoms with Gasteiger partial charge in [0.15, 0.2) is 0 Å². The number of methoxy groups -OCH3 is 1. The van der Waals surface area contributed by atoms with Crippen molar-refractivity contribution in [2.24, 2.45) is 0 Å². The molecular weight excluding hydrogens is 210 g/mol. The number of nitrogens with zero attached hydrogens (tertiary/aromatic N) is 1. The first kappa shape index (κ1) is 13.4. The third-order valence-corrected chi connectivity index (χ3v) is 2.68. The highest BCUT2D eigenvalue weighted by Gasteiger charge is 2.25. The van der Waals surface area contributed by atoms with Gasteiger partial charge in [-0.15, -0.1) is 0 Å². The Hall–Kier alpha value is -0.650. The summed E-state index contributed by atoms with van der Waals surface area (Å²) in [6.07, 6.45) is 2.47. The molecule has 1 aliphatic rings. The maximum Gasteiger partial charge on any atom is 0.248 e. The Balaban J connectivity index is 2.27. The van der Waals surface area contributed by atoms with Crippen LogP contribution < -0.4 is 0 Å². The van der Waals surface area contributed by atoms with Crippen molar-refractivity contribution in [2.75, 3.05) is 40.0 Å². The quantitative estimate of drug-likeness (QED) is 0.628. The molecule has 16 heavy (non-hydrogen) atoms. The highest BCUT2D eigenvalue weighted by atomic mass is 16.5. The highest BCUT2D eigenvalue weighted by molar-refractivity contribution is 5.78. The molecule has 5 heteroatoms. The monoisotopic (exact) mass is 231 g/mol. The van der Waals surface area contributed by atoms with Gasteiger partial charge in [0.2, 0.25) is 5.91 Å². The maximum absolute atomic E-state index is 11.5. The van der Waals surface area contributed by atoms with Gasteiger partial charge in [-0.1, -0.05) is 0 Å². The second-order valence-corrected chi connectivity index (χ2v) is 3.98. The number of aliphatic hydroxyl groups excluding tert-OH is 1. The van der Waals surface area contributed by atoms with Crippen LogP contribution >= 0.6 is 0 Å². The van der Waals surface area contributed by atoms with Gasteiger partial charge in [-0.3, -0.25) is 4.79 Å². The van der Waals surface area contributed by atoms with E-state index in [0.717, 1.165) is 25.8 Å². The smallest absolute Gasteiger partial charge is 0.248 e. The Morgan fingerprint density at radius 3 is 3.06 bits per heavy atom. The number of ether oxygens (including phenoxy) is 2. The Kier molecular flexibility index (Phi) is 6.37. The van der Waals surface area contributed by atoms with E-state index in [0.29, 0.717) is 13.2 Å². The average Bonchev–Trinajstić information content (AvgIpc) is 2.30. The molecule has 5 nitrogen and oxygen atoms in total. The van der Waals surface area contributed by atoms with Crippen molar-refractivity contribution in [3.05, 3.63) is 0 Å². The fourth-order valence-electron chi connectivity index (χ4n) is 1.79. The summed E-state index contributed by atoms with van der Waals surface area (Å²) in [4.78, 5) is 13.3. The van der Waals surface area contributed by atoms with Gasteiger partial charge in [0, 0.05) is 33.4 Å². The third kappa shape index (κ3) is 4.47. The summed E-state index contributed by atoms with van der Waals surface area (Å²) < 4.78 is 10.4. The van der Waals surface area contributed by atoms with Crippen LogP contribution in [-0.4, -0.2) is 62.0 Å². The summed E-state index contributed by atoms with van der Waals surface area (Å²) in [5.74, 6) is 0.0522. The minimum Gasteiger partial charge on any atom is -0.396 e. The first-order chi connectivity index (χ1) is 7.77. The third-order valence-electron chi connectivity index (χ3n) is 2.68. The Bertz CT molecular complexity index is 210. The number of amides is 1. The van der Waals surface area contributed by atoms with Gasteiger partial charge in [-0.2, -0.15) is 0 Å². The van der Waals surface area contributed by atoms with Gasteiger partial charge < -0.3 is 19.5 Å². The van der Waals surface area contributed by atoms with E-state index in [-0.39, 0.29) is 25.2 Å². The maximum atomic E-state index is 11.5. The molecule has 0 aliphatic carbocycles. The molecule has 0 spiro atoms. The SMILES string of the molecule is COCCCN1CC(CCCO)OCC1=O. The minimum absolute atomic E-state index is 0.0522. The van der Waals surface area contributed by atoms with Gasteiger partial charge >= 0.3 is 0 Å². The molecule has 1 unspecified atom stereocenters. The van der Waals surface area contributed by atoms with E-state index < -0.39 is 0 Å². The van der Waals surface area contributed by atoms with Gasteiger partial charge in [-0.05, 0) is 19.3 Å². The molecule has 94 valence electrons. The van der Waals surface area contributed by atoms with E-state index in [2.05, 4.69) is 0 Å². The summed E-state index contributed by atoms with van der Waals surface area (Å²) in [6.45, 7) is 2.39. The summed E-state index contributed by atoms with van der Waals surface area (Å²) in [5, 5.41) is 8.74. The number of carbonyl (C=O) groups excluding carboxylic acids is 1. The Morgan fingerprint density at radius 2 is 2.38 bits per heavy atom. The van der Waals surface area contributed by atoms with Crippen molar-refractivity contribution in [3.63, 3.8) is 0 Å². The van der Waals surface area contributed by atoms with Crippen LogP contribution in [0.2, 0.25) is 0 Å². The van der Waals surface area contributed by atoms with E-state index in [1.807, 2.05) is 4.90 Å². The highest BCUT2D eigenvalue weighted by Crippen LogP contribution is 2.11. The normalized spacial score (nSPS) is 21.5. The molecule has 0 bridgehead atoms. The van der Waals surface area contributed by atoms with E-state index in [1.54, 1.807) is 7.11 Å². The first-order valence-electron chi connectivity index (χ1n) is 5.77. The molecule has 0 aromatic carbocycles. The lowest BCUT2D eigenvalue weighted by Gasteiger charge is -2.32. The molecule has 0 radical (unpaired) electrons. The molecule has 1 N–H and O–H groups in total. The average molecular weight is 231 g/mol. The minimum atomic E-state index is 0.0522. The molecule has 1 amide bonds. The second-order valence-electron chi connectivity index (χ2n) is 3.98. The van der Waals surface area contributed by atoms with Gasteiger partial charge in [0.1, 0.15) is 6.61 Å². The van der Waals surface area contributed by atoms with Gasteiger partial charge in [-0.25, -0.2) is 0 Å². The van der Waals surface area contributed by atoms with E-state index in [4.69, 9.17) is 14.6 Å². The van der Waals surface area contributed by atoms with Crippen LogP contribution in [0.3, 0.4) is 0 Å². The van der Waals surface area contributed by atoms with Crippen molar-refractivity contribution >= 4 is 5.91 Å². The number of aliphatic hydroxyl groups is 1. The number of carbonyl (C=O) groups is 1. The summed E-state index contributed by atoms with van der Waals surface area (Å²) in [7, 11) is 1.66. The number of rotatable bonds is 7. The van der Waals surface area contributed by atoms with Crippen LogP contribution in [0, 0.1) is 0 Å². The molecule has 1 rings (SSSR count). The van der Waals surface area contributed by atoms with Crippen molar-refractivity contribution in [3.8, 4) is 0 Å². The molecule has 1 aliphatic heterocycles. The van der Waals surface area contributed by atoms with Gasteiger partial charge in [0.25, 0.3) is 0 Å². The molecule has 1 saturated heterocycles. The van der Waals surface area contributed by atoms with E-state index in [1.165, 1.54) is 0 Å². The van der Waals surface area contributed by atoms with Crippen molar-refractivity contribution in [2.45, 2.75) is 25.4 Å². The predicted molar refractivity (Wildman–Crippen MR) is 59.1 cm³/mol. The van der Waals surface area contributed by atoms with Crippen LogP contribution in [0.25, 0.3) is 0 Å².